The van der Waals surface area contributed by atoms with E-state index < -0.39 is 0 Å². The Labute approximate surface area is 65.2 Å². The lowest BCUT2D eigenvalue weighted by Crippen LogP contribution is -2.32. The van der Waals surface area contributed by atoms with Crippen LogP contribution in [0.25, 0.3) is 0 Å². The summed E-state index contributed by atoms with van der Waals surface area (Å²) in [6.07, 6.45) is 3.15. The van der Waals surface area contributed by atoms with Crippen molar-refractivity contribution in [2.75, 3.05) is 13.1 Å². The Morgan fingerprint density at radius 1 is 1.70 bits per heavy atom. The number of aldehydes is 1. The van der Waals surface area contributed by atoms with Crippen molar-refractivity contribution >= 4 is 18.4 Å². The summed E-state index contributed by atoms with van der Waals surface area (Å²) in [4.78, 5) is 10.3. The van der Waals surface area contributed by atoms with E-state index in [-0.39, 0.29) is 5.92 Å². The molecule has 2 N–H and O–H groups in total. The Bertz CT molecular complexity index is 120. The molecule has 0 radical (unpaired) electrons. The second-order valence-electron chi connectivity index (χ2n) is 2.53. The molecule has 10 heavy (non-hydrogen) atoms. The molecule has 0 amide bonds. The monoisotopic (exact) mass is 160 g/mol. The minimum atomic E-state index is 0.213. The average molecular weight is 160 g/mol. The van der Waals surface area contributed by atoms with Crippen molar-refractivity contribution in [3.63, 3.8) is 0 Å². The molecule has 1 aliphatic rings. The highest BCUT2D eigenvalue weighted by atomic mass is 32.2. The van der Waals surface area contributed by atoms with Gasteiger partial charge in [0.05, 0.1) is 0 Å². The molecule has 1 atom stereocenters. The largest absolute Gasteiger partial charge is 0.303 e. The fourth-order valence-corrected chi connectivity index (χ4v) is 1.69. The van der Waals surface area contributed by atoms with Crippen LogP contribution in [0.3, 0.4) is 0 Å². The van der Waals surface area contributed by atoms with Crippen LogP contribution in [0, 0.1) is 5.92 Å². The molecule has 3 nitrogen and oxygen atoms in total. The number of carbonyl (C=O) groups excluding carboxylic acids is 1. The summed E-state index contributed by atoms with van der Waals surface area (Å²) in [7, 11) is 0. The Morgan fingerprint density at radius 2 is 2.50 bits per heavy atom. The predicted molar refractivity (Wildman–Crippen MR) is 42.1 cm³/mol. The first kappa shape index (κ1) is 8.04. The summed E-state index contributed by atoms with van der Waals surface area (Å²) in [5.41, 5.74) is 0. The molecule has 1 aliphatic heterocycles. The second-order valence-corrected chi connectivity index (χ2v) is 3.26. The Balaban J connectivity index is 2.31. The van der Waals surface area contributed by atoms with Gasteiger partial charge in [0.2, 0.25) is 0 Å². The maximum Gasteiger partial charge on any atom is 0.124 e. The van der Waals surface area contributed by atoms with Crippen LogP contribution in [0.15, 0.2) is 0 Å². The van der Waals surface area contributed by atoms with Gasteiger partial charge in [0.15, 0.2) is 0 Å². The van der Waals surface area contributed by atoms with E-state index in [0.717, 1.165) is 32.2 Å². The normalized spacial score (nSPS) is 28.3. The lowest BCUT2D eigenvalue weighted by Gasteiger charge is -2.26. The minimum absolute atomic E-state index is 0.213. The van der Waals surface area contributed by atoms with Gasteiger partial charge in [-0.1, -0.05) is 0 Å². The molecule has 0 aliphatic carbocycles. The van der Waals surface area contributed by atoms with Gasteiger partial charge in [-0.05, 0) is 12.8 Å². The second kappa shape index (κ2) is 3.95. The van der Waals surface area contributed by atoms with Crippen LogP contribution < -0.4 is 5.14 Å². The summed E-state index contributed by atoms with van der Waals surface area (Å²) < 4.78 is 2.03. The third-order valence-electron chi connectivity index (χ3n) is 1.76. The SMILES string of the molecule is NSN1CCCC(C=O)C1. The van der Waals surface area contributed by atoms with Crippen molar-refractivity contribution in [2.24, 2.45) is 11.1 Å². The molecule has 0 aromatic carbocycles. The number of hydrogen-bond acceptors (Lipinski definition) is 4. The molecular formula is C6H12N2OS. The standard InChI is InChI=1S/C6H12N2OS/c7-10-8-3-1-2-6(4-8)5-9/h5-6H,1-4,7H2. The zero-order valence-corrected chi connectivity index (χ0v) is 6.64. The van der Waals surface area contributed by atoms with Gasteiger partial charge < -0.3 is 4.79 Å². The molecule has 4 heteroatoms. The van der Waals surface area contributed by atoms with Gasteiger partial charge in [-0.2, -0.15) is 0 Å². The zero-order valence-electron chi connectivity index (χ0n) is 5.82. The zero-order chi connectivity index (χ0) is 7.40. The quantitative estimate of drug-likeness (QED) is 0.470. The van der Waals surface area contributed by atoms with E-state index in [9.17, 15) is 4.79 Å². The van der Waals surface area contributed by atoms with E-state index in [1.807, 2.05) is 4.31 Å². The lowest BCUT2D eigenvalue weighted by molar-refractivity contribution is -0.111. The Morgan fingerprint density at radius 3 is 3.10 bits per heavy atom. The molecule has 0 bridgehead atoms. The summed E-state index contributed by atoms with van der Waals surface area (Å²) in [5.74, 6) is 0.213. The van der Waals surface area contributed by atoms with Crippen molar-refractivity contribution in [2.45, 2.75) is 12.8 Å². The van der Waals surface area contributed by atoms with Crippen LogP contribution in [-0.4, -0.2) is 23.7 Å². The molecule has 0 aromatic rings. The van der Waals surface area contributed by atoms with Crippen LogP contribution >= 0.6 is 12.1 Å². The van der Waals surface area contributed by atoms with E-state index in [2.05, 4.69) is 0 Å². The Kier molecular flexibility index (Phi) is 3.18. The maximum atomic E-state index is 10.3. The van der Waals surface area contributed by atoms with Gasteiger partial charge >= 0.3 is 0 Å². The molecule has 0 spiro atoms. The van der Waals surface area contributed by atoms with E-state index in [0.29, 0.717) is 0 Å². The fourth-order valence-electron chi connectivity index (χ4n) is 1.18. The summed E-state index contributed by atoms with van der Waals surface area (Å²) in [5, 5.41) is 5.35. The van der Waals surface area contributed by atoms with Crippen molar-refractivity contribution < 1.29 is 4.79 Å². The van der Waals surface area contributed by atoms with Gasteiger partial charge in [-0.15, -0.1) is 0 Å². The lowest BCUT2D eigenvalue weighted by atomic mass is 10.0. The smallest absolute Gasteiger partial charge is 0.124 e. The first-order chi connectivity index (χ1) is 4.86. The number of hydrogen-bond donors (Lipinski definition) is 1. The number of nitrogens with zero attached hydrogens (tertiary/aromatic N) is 1. The number of nitrogens with two attached hydrogens (primary N) is 1. The number of rotatable bonds is 2. The highest BCUT2D eigenvalue weighted by molar-refractivity contribution is 7.94. The van der Waals surface area contributed by atoms with E-state index in [1.165, 1.54) is 12.1 Å². The summed E-state index contributed by atoms with van der Waals surface area (Å²) in [6.45, 7) is 1.84. The highest BCUT2D eigenvalue weighted by Crippen LogP contribution is 2.17. The minimum Gasteiger partial charge on any atom is -0.303 e. The molecule has 0 saturated carbocycles. The van der Waals surface area contributed by atoms with Gasteiger partial charge in [0.25, 0.3) is 0 Å². The molecule has 1 rings (SSSR count). The fraction of sp³-hybridized carbons (Fsp3) is 0.833. The van der Waals surface area contributed by atoms with Gasteiger partial charge in [-0.25, -0.2) is 4.31 Å². The van der Waals surface area contributed by atoms with Crippen molar-refractivity contribution in [1.29, 1.82) is 0 Å². The third-order valence-corrected chi connectivity index (χ3v) is 2.39. The maximum absolute atomic E-state index is 10.3. The van der Waals surface area contributed by atoms with Gasteiger partial charge in [0.1, 0.15) is 6.29 Å². The van der Waals surface area contributed by atoms with E-state index in [1.54, 1.807) is 0 Å². The molecule has 1 heterocycles. The van der Waals surface area contributed by atoms with Crippen LogP contribution in [-0.2, 0) is 4.79 Å². The van der Waals surface area contributed by atoms with Crippen molar-refractivity contribution in [1.82, 2.24) is 4.31 Å². The molecule has 58 valence electrons. The molecular weight excluding hydrogens is 148 g/mol. The topological polar surface area (TPSA) is 46.3 Å². The molecule has 1 unspecified atom stereocenters. The van der Waals surface area contributed by atoms with Gasteiger partial charge in [-0.3, -0.25) is 5.14 Å². The molecule has 1 saturated heterocycles. The number of carbonyl (C=O) groups is 1. The first-order valence-electron chi connectivity index (χ1n) is 3.44. The average Bonchev–Trinajstić information content (AvgIpc) is 2.05. The van der Waals surface area contributed by atoms with Crippen LogP contribution in [0.2, 0.25) is 0 Å². The van der Waals surface area contributed by atoms with Crippen molar-refractivity contribution in [3.8, 4) is 0 Å². The summed E-state index contributed by atoms with van der Waals surface area (Å²) >= 11 is 1.24. The predicted octanol–water partition coefficient (Wildman–Crippen LogP) is 0.419. The van der Waals surface area contributed by atoms with Gasteiger partial charge in [0, 0.05) is 31.1 Å². The van der Waals surface area contributed by atoms with Crippen LogP contribution in [0.4, 0.5) is 0 Å². The van der Waals surface area contributed by atoms with Crippen LogP contribution in [0.5, 0.6) is 0 Å². The number of piperidine rings is 1. The summed E-state index contributed by atoms with van der Waals surface area (Å²) in [6, 6.07) is 0. The van der Waals surface area contributed by atoms with Crippen LogP contribution in [0.1, 0.15) is 12.8 Å². The van der Waals surface area contributed by atoms with E-state index >= 15 is 0 Å². The Hall–Kier alpha value is -0.0600. The third kappa shape index (κ3) is 1.97. The molecule has 0 aromatic heterocycles. The van der Waals surface area contributed by atoms with E-state index in [4.69, 9.17) is 5.14 Å². The highest BCUT2D eigenvalue weighted by Gasteiger charge is 2.18. The molecule has 1 fully saturated rings. The van der Waals surface area contributed by atoms with Crippen molar-refractivity contribution in [3.05, 3.63) is 0 Å². The first-order valence-corrected chi connectivity index (χ1v) is 4.27.